The summed E-state index contributed by atoms with van der Waals surface area (Å²) in [4.78, 5) is 0. The molecule has 0 spiro atoms. The maximum absolute atomic E-state index is 9.13. The molecule has 0 unspecified atom stereocenters. The molecule has 5 nitrogen and oxygen atoms in total. The highest BCUT2D eigenvalue weighted by Crippen LogP contribution is 2.27. The Bertz CT molecular complexity index is 494. The molecular formula is C11H13N3O2. The van der Waals surface area contributed by atoms with Gasteiger partial charge in [-0.1, -0.05) is 18.2 Å². The van der Waals surface area contributed by atoms with E-state index in [1.165, 1.54) is 0 Å². The molecule has 0 fully saturated rings. The van der Waals surface area contributed by atoms with Crippen LogP contribution in [0, 0.1) is 0 Å². The molecule has 5 heteroatoms. The second kappa shape index (κ2) is 4.24. The van der Waals surface area contributed by atoms with Crippen molar-refractivity contribution in [1.82, 2.24) is 9.78 Å². The zero-order chi connectivity index (χ0) is 11.5. The Labute approximate surface area is 93.1 Å². The van der Waals surface area contributed by atoms with E-state index in [0.717, 1.165) is 0 Å². The predicted molar refractivity (Wildman–Crippen MR) is 60.1 cm³/mol. The zero-order valence-corrected chi connectivity index (χ0v) is 8.92. The minimum atomic E-state index is -0.0804. The van der Waals surface area contributed by atoms with Crippen molar-refractivity contribution in [1.29, 1.82) is 0 Å². The van der Waals surface area contributed by atoms with Crippen molar-refractivity contribution >= 4 is 5.69 Å². The summed E-state index contributed by atoms with van der Waals surface area (Å²) in [5, 5.41) is 13.2. The summed E-state index contributed by atoms with van der Waals surface area (Å²) in [6.45, 7) is -0.0804. The second-order valence-electron chi connectivity index (χ2n) is 3.43. The van der Waals surface area contributed by atoms with E-state index in [4.69, 9.17) is 15.6 Å². The number of anilines is 1. The molecule has 2 rings (SSSR count). The van der Waals surface area contributed by atoms with Gasteiger partial charge in [0.15, 0.2) is 0 Å². The van der Waals surface area contributed by atoms with Crippen LogP contribution >= 0.6 is 0 Å². The van der Waals surface area contributed by atoms with Gasteiger partial charge in [0.05, 0.1) is 12.8 Å². The standard InChI is InChI=1S/C11H13N3O2/c1-14-6-9(12)11(13-14)16-10-5-3-2-4-8(10)7-15/h2-6,15H,7,12H2,1H3. The third kappa shape index (κ3) is 1.99. The van der Waals surface area contributed by atoms with Crippen LogP contribution in [0.1, 0.15) is 5.56 Å². The summed E-state index contributed by atoms with van der Waals surface area (Å²) in [6, 6.07) is 7.21. The highest BCUT2D eigenvalue weighted by atomic mass is 16.5. The number of hydrogen-bond acceptors (Lipinski definition) is 4. The molecule has 2 aromatic rings. The summed E-state index contributed by atoms with van der Waals surface area (Å²) in [5.41, 5.74) is 6.88. The van der Waals surface area contributed by atoms with Gasteiger partial charge in [0.2, 0.25) is 0 Å². The van der Waals surface area contributed by atoms with Crippen LogP contribution in [-0.4, -0.2) is 14.9 Å². The average molecular weight is 219 g/mol. The van der Waals surface area contributed by atoms with Crippen molar-refractivity contribution < 1.29 is 9.84 Å². The number of aromatic nitrogens is 2. The molecule has 0 bridgehead atoms. The number of nitrogen functional groups attached to an aromatic ring is 1. The average Bonchev–Trinajstić information content (AvgIpc) is 2.58. The van der Waals surface area contributed by atoms with Crippen LogP contribution in [0.3, 0.4) is 0 Å². The molecule has 3 N–H and O–H groups in total. The topological polar surface area (TPSA) is 73.3 Å². The van der Waals surface area contributed by atoms with Gasteiger partial charge in [0.25, 0.3) is 5.88 Å². The highest BCUT2D eigenvalue weighted by molar-refractivity contribution is 5.48. The minimum absolute atomic E-state index is 0.0804. The Kier molecular flexibility index (Phi) is 2.78. The second-order valence-corrected chi connectivity index (χ2v) is 3.43. The third-order valence-corrected chi connectivity index (χ3v) is 2.17. The number of para-hydroxylation sites is 1. The zero-order valence-electron chi connectivity index (χ0n) is 8.92. The normalized spacial score (nSPS) is 10.4. The molecule has 0 aliphatic rings. The molecular weight excluding hydrogens is 206 g/mol. The molecule has 0 aliphatic heterocycles. The summed E-state index contributed by atoms with van der Waals surface area (Å²) >= 11 is 0. The number of nitrogens with zero attached hydrogens (tertiary/aromatic N) is 2. The van der Waals surface area contributed by atoms with Crippen molar-refractivity contribution in [3.8, 4) is 11.6 Å². The van der Waals surface area contributed by atoms with Crippen LogP contribution in [0.25, 0.3) is 0 Å². The van der Waals surface area contributed by atoms with Gasteiger partial charge in [-0.05, 0) is 6.07 Å². The first kappa shape index (κ1) is 10.5. The largest absolute Gasteiger partial charge is 0.436 e. The molecule has 1 heterocycles. The summed E-state index contributed by atoms with van der Waals surface area (Å²) in [6.07, 6.45) is 1.66. The lowest BCUT2D eigenvalue weighted by Gasteiger charge is -2.07. The van der Waals surface area contributed by atoms with Crippen molar-refractivity contribution in [3.63, 3.8) is 0 Å². The number of hydrogen-bond donors (Lipinski definition) is 2. The van der Waals surface area contributed by atoms with E-state index < -0.39 is 0 Å². The SMILES string of the molecule is Cn1cc(N)c(Oc2ccccc2CO)n1. The van der Waals surface area contributed by atoms with Crippen LogP contribution in [0.2, 0.25) is 0 Å². The van der Waals surface area contributed by atoms with E-state index in [0.29, 0.717) is 22.9 Å². The van der Waals surface area contributed by atoms with Crippen LogP contribution in [0.5, 0.6) is 11.6 Å². The predicted octanol–water partition coefficient (Wildman–Crippen LogP) is 1.29. The number of aliphatic hydroxyl groups is 1. The van der Waals surface area contributed by atoms with Gasteiger partial charge < -0.3 is 15.6 Å². The number of ether oxygens (including phenoxy) is 1. The fourth-order valence-electron chi connectivity index (χ4n) is 1.40. The molecule has 0 atom stereocenters. The lowest BCUT2D eigenvalue weighted by molar-refractivity contribution is 0.276. The van der Waals surface area contributed by atoms with Gasteiger partial charge in [-0.3, -0.25) is 4.68 Å². The lowest BCUT2D eigenvalue weighted by atomic mass is 10.2. The number of nitrogens with two attached hydrogens (primary N) is 1. The number of aliphatic hydroxyl groups excluding tert-OH is 1. The van der Waals surface area contributed by atoms with Crippen molar-refractivity contribution in [2.75, 3.05) is 5.73 Å². The first-order valence-corrected chi connectivity index (χ1v) is 4.86. The number of benzene rings is 1. The van der Waals surface area contributed by atoms with Crippen LogP contribution in [0.4, 0.5) is 5.69 Å². The van der Waals surface area contributed by atoms with E-state index in [1.54, 1.807) is 30.1 Å². The van der Waals surface area contributed by atoms with Crippen molar-refractivity contribution in [2.24, 2.45) is 7.05 Å². The van der Waals surface area contributed by atoms with Crippen LogP contribution in [0.15, 0.2) is 30.5 Å². The summed E-state index contributed by atoms with van der Waals surface area (Å²) < 4.78 is 7.11. The Morgan fingerprint density at radius 1 is 1.44 bits per heavy atom. The van der Waals surface area contributed by atoms with E-state index in [9.17, 15) is 0 Å². The smallest absolute Gasteiger partial charge is 0.261 e. The van der Waals surface area contributed by atoms with Gasteiger partial charge in [0.1, 0.15) is 11.4 Å². The first-order valence-electron chi connectivity index (χ1n) is 4.86. The number of aryl methyl sites for hydroxylation is 1. The highest BCUT2D eigenvalue weighted by Gasteiger charge is 2.09. The van der Waals surface area contributed by atoms with Gasteiger partial charge in [0, 0.05) is 12.6 Å². The lowest BCUT2D eigenvalue weighted by Crippen LogP contribution is -1.94. The molecule has 84 valence electrons. The first-order chi connectivity index (χ1) is 7.70. The molecule has 1 aromatic carbocycles. The van der Waals surface area contributed by atoms with E-state index in [2.05, 4.69) is 5.10 Å². The third-order valence-electron chi connectivity index (χ3n) is 2.17. The van der Waals surface area contributed by atoms with Crippen molar-refractivity contribution in [2.45, 2.75) is 6.61 Å². The fraction of sp³-hybridized carbons (Fsp3) is 0.182. The minimum Gasteiger partial charge on any atom is -0.436 e. The van der Waals surface area contributed by atoms with E-state index >= 15 is 0 Å². The van der Waals surface area contributed by atoms with Gasteiger partial charge >= 0.3 is 0 Å². The molecule has 1 aromatic heterocycles. The Morgan fingerprint density at radius 2 is 2.19 bits per heavy atom. The van der Waals surface area contributed by atoms with Crippen LogP contribution < -0.4 is 10.5 Å². The quantitative estimate of drug-likeness (QED) is 0.815. The summed E-state index contributed by atoms with van der Waals surface area (Å²) in [5.74, 6) is 0.916. The molecule has 0 radical (unpaired) electrons. The number of rotatable bonds is 3. The molecule has 16 heavy (non-hydrogen) atoms. The fourth-order valence-corrected chi connectivity index (χ4v) is 1.40. The maximum Gasteiger partial charge on any atom is 0.261 e. The molecule has 0 saturated heterocycles. The summed E-state index contributed by atoms with van der Waals surface area (Å²) in [7, 11) is 1.77. The monoisotopic (exact) mass is 219 g/mol. The van der Waals surface area contributed by atoms with Crippen LogP contribution in [-0.2, 0) is 13.7 Å². The van der Waals surface area contributed by atoms with E-state index in [-0.39, 0.29) is 6.61 Å². The van der Waals surface area contributed by atoms with Gasteiger partial charge in [-0.2, -0.15) is 0 Å². The Balaban J connectivity index is 2.30. The molecule has 0 amide bonds. The maximum atomic E-state index is 9.13. The molecule has 0 aliphatic carbocycles. The Morgan fingerprint density at radius 3 is 2.81 bits per heavy atom. The van der Waals surface area contributed by atoms with Crippen molar-refractivity contribution in [3.05, 3.63) is 36.0 Å². The molecule has 0 saturated carbocycles. The Hall–Kier alpha value is -2.01. The van der Waals surface area contributed by atoms with Gasteiger partial charge in [-0.25, -0.2) is 0 Å². The van der Waals surface area contributed by atoms with E-state index in [1.807, 2.05) is 12.1 Å². The van der Waals surface area contributed by atoms with Gasteiger partial charge in [-0.15, -0.1) is 5.10 Å².